The third-order valence-corrected chi connectivity index (χ3v) is 5.60. The number of amides is 1. The summed E-state index contributed by atoms with van der Waals surface area (Å²) >= 11 is 0. The number of nitrogens with zero attached hydrogens (tertiary/aromatic N) is 4. The quantitative estimate of drug-likeness (QED) is 0.153. The third kappa shape index (κ3) is 7.90. The summed E-state index contributed by atoms with van der Waals surface area (Å²) < 4.78 is 22.9. The lowest BCUT2D eigenvalue weighted by atomic mass is 10.2. The van der Waals surface area contributed by atoms with E-state index in [1.165, 1.54) is 24.1 Å². The van der Waals surface area contributed by atoms with Gasteiger partial charge in [0.05, 0.1) is 20.8 Å². The number of aromatic nitrogens is 4. The Morgan fingerprint density at radius 3 is 2.48 bits per heavy atom. The Hall–Kier alpha value is -5.19. The second-order valence-corrected chi connectivity index (χ2v) is 8.36. The van der Waals surface area contributed by atoms with Crippen LogP contribution in [0.4, 0.5) is 0 Å². The van der Waals surface area contributed by atoms with Crippen molar-refractivity contribution in [1.29, 1.82) is 0 Å². The summed E-state index contributed by atoms with van der Waals surface area (Å²) in [5.74, 6) is 1.06. The second-order valence-electron chi connectivity index (χ2n) is 8.36. The molecule has 1 N–H and O–H groups in total. The van der Waals surface area contributed by atoms with Crippen molar-refractivity contribution in [3.63, 3.8) is 0 Å². The van der Waals surface area contributed by atoms with E-state index in [1.807, 2.05) is 36.4 Å². The number of benzene rings is 2. The van der Waals surface area contributed by atoms with Crippen molar-refractivity contribution in [3.8, 4) is 23.3 Å². The van der Waals surface area contributed by atoms with E-state index in [4.69, 9.17) is 14.2 Å². The Morgan fingerprint density at radius 2 is 1.77 bits per heavy atom. The molecule has 0 spiro atoms. The van der Waals surface area contributed by atoms with E-state index in [1.54, 1.807) is 43.8 Å². The number of hydrogen-bond donors (Lipinski definition) is 1. The molecule has 0 fully saturated rings. The van der Waals surface area contributed by atoms with Crippen LogP contribution in [-0.2, 0) is 16.1 Å². The van der Waals surface area contributed by atoms with Crippen molar-refractivity contribution < 1.29 is 28.5 Å². The number of nitrogens with one attached hydrogen (secondary N) is 1. The summed E-state index contributed by atoms with van der Waals surface area (Å²) in [6, 6.07) is 16.4. The van der Waals surface area contributed by atoms with Gasteiger partial charge in [0.25, 0.3) is 11.9 Å². The first-order chi connectivity index (χ1) is 19.6. The van der Waals surface area contributed by atoms with Crippen LogP contribution in [0, 0.1) is 0 Å². The molecule has 0 bridgehead atoms. The van der Waals surface area contributed by atoms with Gasteiger partial charge in [0.1, 0.15) is 23.7 Å². The van der Waals surface area contributed by atoms with Crippen molar-refractivity contribution in [3.05, 3.63) is 96.0 Å². The van der Waals surface area contributed by atoms with Gasteiger partial charge in [0.2, 0.25) is 5.88 Å². The fourth-order valence-electron chi connectivity index (χ4n) is 3.46. The summed E-state index contributed by atoms with van der Waals surface area (Å²) in [5, 5.41) is 7.01. The highest BCUT2D eigenvalue weighted by atomic mass is 16.5. The number of hydrogen-bond acceptors (Lipinski definition) is 9. The van der Waals surface area contributed by atoms with Crippen LogP contribution in [0.1, 0.15) is 27.9 Å². The van der Waals surface area contributed by atoms with Gasteiger partial charge in [-0.05, 0) is 54.0 Å². The first-order valence-corrected chi connectivity index (χ1v) is 12.5. The van der Waals surface area contributed by atoms with Crippen LogP contribution in [0.5, 0.6) is 17.4 Å². The average molecular weight is 544 g/mol. The Bertz CT molecular complexity index is 1420. The molecular formula is C29H29N5O6. The molecule has 206 valence electrons. The number of methoxy groups -OCH3 is 2. The van der Waals surface area contributed by atoms with Gasteiger partial charge >= 0.3 is 5.97 Å². The maximum atomic E-state index is 13.0. The molecule has 11 heteroatoms. The summed E-state index contributed by atoms with van der Waals surface area (Å²) in [6.45, 7) is 0.968. The van der Waals surface area contributed by atoms with E-state index in [0.717, 1.165) is 16.9 Å². The molecule has 4 aromatic rings. The first-order valence-electron chi connectivity index (χ1n) is 12.5. The van der Waals surface area contributed by atoms with Crippen LogP contribution in [0.15, 0.2) is 79.3 Å². The molecule has 0 aliphatic carbocycles. The number of rotatable bonds is 13. The minimum atomic E-state index is -0.418. The molecule has 11 nitrogen and oxygen atoms in total. The molecule has 0 unspecified atom stereocenters. The Morgan fingerprint density at radius 1 is 1.00 bits per heavy atom. The average Bonchev–Trinajstić information content (AvgIpc) is 3.54. The fourth-order valence-corrected chi connectivity index (χ4v) is 3.46. The van der Waals surface area contributed by atoms with Crippen LogP contribution >= 0.6 is 0 Å². The van der Waals surface area contributed by atoms with Gasteiger partial charge in [0.15, 0.2) is 0 Å². The largest absolute Gasteiger partial charge is 0.497 e. The van der Waals surface area contributed by atoms with E-state index < -0.39 is 5.97 Å². The maximum absolute atomic E-state index is 13.0. The molecule has 0 aliphatic heterocycles. The highest BCUT2D eigenvalue weighted by Gasteiger charge is 2.17. The van der Waals surface area contributed by atoms with Gasteiger partial charge in [-0.15, -0.1) is 0 Å². The molecule has 0 saturated heterocycles. The molecule has 0 atom stereocenters. The van der Waals surface area contributed by atoms with E-state index in [-0.39, 0.29) is 29.9 Å². The van der Waals surface area contributed by atoms with Crippen molar-refractivity contribution in [2.24, 2.45) is 0 Å². The molecule has 40 heavy (non-hydrogen) atoms. The Kier molecular flexibility index (Phi) is 9.81. The summed E-state index contributed by atoms with van der Waals surface area (Å²) in [4.78, 5) is 32.9. The topological polar surface area (TPSA) is 127 Å². The normalized spacial score (nSPS) is 10.8. The lowest BCUT2D eigenvalue weighted by molar-refractivity contribution is -0.134. The van der Waals surface area contributed by atoms with Gasteiger partial charge in [-0.3, -0.25) is 4.79 Å². The minimum Gasteiger partial charge on any atom is -0.497 e. The summed E-state index contributed by atoms with van der Waals surface area (Å²) in [6.07, 6.45) is 8.32. The number of carbonyl (C=O) groups excluding carboxylic acids is 2. The van der Waals surface area contributed by atoms with Crippen LogP contribution in [0.25, 0.3) is 12.0 Å². The van der Waals surface area contributed by atoms with Crippen LogP contribution in [0.3, 0.4) is 0 Å². The van der Waals surface area contributed by atoms with Crippen LogP contribution < -0.4 is 19.5 Å². The smallest absolute Gasteiger partial charge is 0.330 e. The van der Waals surface area contributed by atoms with Crippen molar-refractivity contribution >= 4 is 18.0 Å². The highest BCUT2D eigenvalue weighted by Crippen LogP contribution is 2.19. The predicted molar refractivity (Wildman–Crippen MR) is 146 cm³/mol. The lowest BCUT2D eigenvalue weighted by Crippen LogP contribution is -2.27. The monoisotopic (exact) mass is 543 g/mol. The fraction of sp³-hybridized carbons (Fsp3) is 0.207. The molecule has 4 rings (SSSR count). The molecule has 0 radical (unpaired) electrons. The van der Waals surface area contributed by atoms with Gasteiger partial charge in [-0.1, -0.05) is 24.3 Å². The molecule has 0 saturated carbocycles. The zero-order valence-corrected chi connectivity index (χ0v) is 22.1. The summed E-state index contributed by atoms with van der Waals surface area (Å²) in [5.41, 5.74) is 1.94. The first kappa shape index (κ1) is 27.8. The van der Waals surface area contributed by atoms with Crippen LogP contribution in [0.2, 0.25) is 0 Å². The molecule has 2 heterocycles. The number of carbonyl (C=O) groups is 2. The van der Waals surface area contributed by atoms with E-state index >= 15 is 0 Å². The molecular weight excluding hydrogens is 514 g/mol. The SMILES string of the molecule is COC(=O)C=Cc1ccc(OCCCNC(=O)c2cnc(-n3cccn3)nc2OCc2ccc(OC)cc2)cc1. The van der Waals surface area contributed by atoms with E-state index in [9.17, 15) is 9.59 Å². The van der Waals surface area contributed by atoms with E-state index in [0.29, 0.717) is 25.3 Å². The van der Waals surface area contributed by atoms with Crippen LogP contribution in [-0.4, -0.2) is 59.0 Å². The highest BCUT2D eigenvalue weighted by molar-refractivity contribution is 5.96. The zero-order valence-electron chi connectivity index (χ0n) is 22.1. The van der Waals surface area contributed by atoms with Gasteiger partial charge in [-0.25, -0.2) is 14.5 Å². The predicted octanol–water partition coefficient (Wildman–Crippen LogP) is 3.64. The van der Waals surface area contributed by atoms with Gasteiger partial charge in [-0.2, -0.15) is 10.1 Å². The number of esters is 1. The van der Waals surface area contributed by atoms with Gasteiger partial charge < -0.3 is 24.3 Å². The standard InChI is InChI=1S/C29H29N5O6/c1-37-23-10-7-22(8-11-23)20-40-28-25(19-31-29(33-28)34-17-3-16-32-34)27(36)30-15-4-18-39-24-12-5-21(6-13-24)9-14-26(35)38-2/h3,5-14,16-17,19H,4,15,18,20H2,1-2H3,(H,30,36). The molecule has 1 amide bonds. The number of ether oxygens (including phenoxy) is 4. The van der Waals surface area contributed by atoms with Crippen molar-refractivity contribution in [1.82, 2.24) is 25.1 Å². The molecule has 0 aliphatic rings. The molecule has 2 aromatic carbocycles. The third-order valence-electron chi connectivity index (χ3n) is 5.60. The second kappa shape index (κ2) is 14.1. The maximum Gasteiger partial charge on any atom is 0.330 e. The van der Waals surface area contributed by atoms with Crippen molar-refractivity contribution in [2.45, 2.75) is 13.0 Å². The summed E-state index contributed by atoms with van der Waals surface area (Å²) in [7, 11) is 2.93. The minimum absolute atomic E-state index is 0.145. The van der Waals surface area contributed by atoms with Gasteiger partial charge in [0, 0.05) is 31.2 Å². The Labute approximate surface area is 231 Å². The lowest BCUT2D eigenvalue weighted by Gasteiger charge is -2.12. The Balaban J connectivity index is 1.32. The zero-order chi connectivity index (χ0) is 28.2. The molecule has 2 aromatic heterocycles. The van der Waals surface area contributed by atoms with Crippen molar-refractivity contribution in [2.75, 3.05) is 27.4 Å². The van der Waals surface area contributed by atoms with E-state index in [2.05, 4.69) is 25.1 Å².